The van der Waals surface area contributed by atoms with E-state index in [-0.39, 0.29) is 5.75 Å². The zero-order chi connectivity index (χ0) is 14.1. The first-order valence-electron chi connectivity index (χ1n) is 6.05. The van der Waals surface area contributed by atoms with Crippen LogP contribution < -0.4 is 0 Å². The summed E-state index contributed by atoms with van der Waals surface area (Å²) in [4.78, 5) is 4.10. The van der Waals surface area contributed by atoms with Gasteiger partial charge in [0.1, 0.15) is 0 Å². The Morgan fingerprint density at radius 2 is 2.15 bits per heavy atom. The van der Waals surface area contributed by atoms with E-state index in [2.05, 4.69) is 20.5 Å². The lowest BCUT2D eigenvalue weighted by Gasteiger charge is -2.05. The van der Waals surface area contributed by atoms with Gasteiger partial charge in [0.25, 0.3) is 0 Å². The van der Waals surface area contributed by atoms with Crippen LogP contribution in [0.1, 0.15) is 30.4 Å². The lowest BCUT2D eigenvalue weighted by Crippen LogP contribution is -2.09. The van der Waals surface area contributed by atoms with Crippen molar-refractivity contribution >= 4 is 34.0 Å². The number of nitrogens with zero attached hydrogens (tertiary/aromatic N) is 5. The molecule has 0 radical (unpaired) electrons. The van der Waals surface area contributed by atoms with Crippen LogP contribution in [0, 0.1) is 0 Å². The molecule has 106 valence electrons. The Bertz CT molecular complexity index is 658. The molecule has 2 heterocycles. The van der Waals surface area contributed by atoms with Crippen molar-refractivity contribution in [2.24, 2.45) is 0 Å². The minimum atomic E-state index is -1.17. The summed E-state index contributed by atoms with van der Waals surface area (Å²) in [5.41, 5.74) is 0.569. The van der Waals surface area contributed by atoms with Crippen molar-refractivity contribution in [3.63, 3.8) is 0 Å². The average molecular weight is 332 g/mol. The number of hydrogen-bond acceptors (Lipinski definition) is 5. The van der Waals surface area contributed by atoms with Gasteiger partial charge in [0, 0.05) is 17.0 Å². The van der Waals surface area contributed by atoms with Crippen molar-refractivity contribution in [1.82, 2.24) is 25.2 Å². The Morgan fingerprint density at radius 3 is 2.85 bits per heavy atom. The van der Waals surface area contributed by atoms with Gasteiger partial charge < -0.3 is 0 Å². The smallest absolute Gasteiger partial charge is 0.164 e. The molecule has 20 heavy (non-hydrogen) atoms. The molecule has 2 aromatic heterocycles. The molecule has 0 N–H and O–H groups in total. The van der Waals surface area contributed by atoms with Crippen LogP contribution in [0.5, 0.6) is 0 Å². The molecule has 0 spiro atoms. The van der Waals surface area contributed by atoms with Crippen LogP contribution in [-0.2, 0) is 22.3 Å². The summed E-state index contributed by atoms with van der Waals surface area (Å²) in [6.45, 7) is 0. The highest BCUT2D eigenvalue weighted by Gasteiger charge is 2.28. The molecule has 1 aliphatic rings. The van der Waals surface area contributed by atoms with E-state index in [1.807, 2.05) is 0 Å². The fraction of sp³-hybridized carbons (Fsp3) is 0.455. The number of aromatic nitrogens is 5. The van der Waals surface area contributed by atoms with Crippen molar-refractivity contribution in [3.8, 4) is 0 Å². The SMILES string of the molecule is O=S(Cc1ncc(Cl)cc1Cl)Cc1nnnn1C1CC1. The van der Waals surface area contributed by atoms with Crippen molar-refractivity contribution in [1.29, 1.82) is 0 Å². The standard InChI is InChI=1S/C11H11Cl2N5OS/c12-7-3-9(13)10(14-4-7)5-20(19)6-11-15-16-17-18(11)8-1-2-8/h3-4,8H,1-2,5-6H2. The number of rotatable bonds is 5. The van der Waals surface area contributed by atoms with Gasteiger partial charge in [-0.05, 0) is 29.3 Å². The van der Waals surface area contributed by atoms with Gasteiger partial charge in [0.05, 0.1) is 33.3 Å². The molecule has 1 aliphatic carbocycles. The van der Waals surface area contributed by atoms with Crippen LogP contribution in [0.25, 0.3) is 0 Å². The lowest BCUT2D eigenvalue weighted by atomic mass is 10.4. The summed E-state index contributed by atoms with van der Waals surface area (Å²) in [5, 5.41) is 12.4. The maximum Gasteiger partial charge on any atom is 0.164 e. The lowest BCUT2D eigenvalue weighted by molar-refractivity contribution is 0.591. The molecule has 3 rings (SSSR count). The number of halogens is 2. The van der Waals surface area contributed by atoms with Crippen molar-refractivity contribution in [2.45, 2.75) is 30.4 Å². The van der Waals surface area contributed by atoms with E-state index in [0.717, 1.165) is 12.8 Å². The minimum Gasteiger partial charge on any atom is -0.259 e. The van der Waals surface area contributed by atoms with E-state index < -0.39 is 10.8 Å². The van der Waals surface area contributed by atoms with Crippen LogP contribution in [0.15, 0.2) is 12.3 Å². The van der Waals surface area contributed by atoms with Crippen LogP contribution in [-0.4, -0.2) is 29.4 Å². The summed E-state index contributed by atoms with van der Waals surface area (Å²) in [6, 6.07) is 1.96. The molecule has 0 bridgehead atoms. The largest absolute Gasteiger partial charge is 0.259 e. The molecule has 0 aromatic carbocycles. The minimum absolute atomic E-state index is 0.257. The Balaban J connectivity index is 1.68. The molecule has 1 atom stereocenters. The van der Waals surface area contributed by atoms with Gasteiger partial charge in [0.2, 0.25) is 0 Å². The van der Waals surface area contributed by atoms with E-state index in [1.54, 1.807) is 10.7 Å². The van der Waals surface area contributed by atoms with Crippen LogP contribution in [0.4, 0.5) is 0 Å². The molecule has 6 nitrogen and oxygen atoms in total. The molecule has 1 saturated carbocycles. The summed E-state index contributed by atoms with van der Waals surface area (Å²) < 4.78 is 13.9. The first kappa shape index (κ1) is 13.9. The highest BCUT2D eigenvalue weighted by atomic mass is 35.5. The highest BCUT2D eigenvalue weighted by Crippen LogP contribution is 2.34. The average Bonchev–Trinajstić information content (AvgIpc) is 3.14. The van der Waals surface area contributed by atoms with Crippen molar-refractivity contribution in [3.05, 3.63) is 33.8 Å². The van der Waals surface area contributed by atoms with E-state index in [0.29, 0.717) is 33.4 Å². The van der Waals surface area contributed by atoms with Gasteiger partial charge in [-0.15, -0.1) is 5.10 Å². The van der Waals surface area contributed by atoms with Gasteiger partial charge >= 0.3 is 0 Å². The van der Waals surface area contributed by atoms with Crippen LogP contribution in [0.3, 0.4) is 0 Å². The Labute approximate surface area is 127 Å². The van der Waals surface area contributed by atoms with Gasteiger partial charge in [-0.3, -0.25) is 9.19 Å². The molecule has 0 saturated heterocycles. The van der Waals surface area contributed by atoms with E-state index in [4.69, 9.17) is 23.2 Å². The second-order valence-electron chi connectivity index (χ2n) is 4.58. The molecule has 0 aliphatic heterocycles. The van der Waals surface area contributed by atoms with Crippen molar-refractivity contribution < 1.29 is 4.21 Å². The second-order valence-corrected chi connectivity index (χ2v) is 6.88. The molecular formula is C11H11Cl2N5OS. The third-order valence-corrected chi connectivity index (χ3v) is 4.64. The predicted molar refractivity (Wildman–Crippen MR) is 75.9 cm³/mol. The normalized spacial score (nSPS) is 16.3. The molecule has 1 fully saturated rings. The maximum absolute atomic E-state index is 12.2. The third-order valence-electron chi connectivity index (χ3n) is 2.93. The summed E-state index contributed by atoms with van der Waals surface area (Å²) in [5.74, 6) is 1.20. The summed E-state index contributed by atoms with van der Waals surface area (Å²) in [7, 11) is -1.17. The van der Waals surface area contributed by atoms with Gasteiger partial charge in [-0.25, -0.2) is 4.68 Å². The zero-order valence-electron chi connectivity index (χ0n) is 10.4. The zero-order valence-corrected chi connectivity index (χ0v) is 12.7. The van der Waals surface area contributed by atoms with Gasteiger partial charge in [0.15, 0.2) is 5.82 Å². The Kier molecular flexibility index (Phi) is 4.00. The number of hydrogen-bond donors (Lipinski definition) is 0. The summed E-state index contributed by atoms with van der Waals surface area (Å²) in [6.07, 6.45) is 3.65. The summed E-state index contributed by atoms with van der Waals surface area (Å²) >= 11 is 11.8. The topological polar surface area (TPSA) is 73.6 Å². The van der Waals surface area contributed by atoms with Crippen LogP contribution >= 0.6 is 23.2 Å². The first-order valence-corrected chi connectivity index (χ1v) is 8.29. The Hall–Kier alpha value is -1.05. The maximum atomic E-state index is 12.2. The molecule has 1 unspecified atom stereocenters. The van der Waals surface area contributed by atoms with Crippen molar-refractivity contribution in [2.75, 3.05) is 0 Å². The number of pyridine rings is 1. The van der Waals surface area contributed by atoms with E-state index in [1.165, 1.54) is 6.20 Å². The van der Waals surface area contributed by atoms with Gasteiger partial charge in [-0.2, -0.15) is 0 Å². The van der Waals surface area contributed by atoms with Gasteiger partial charge in [-0.1, -0.05) is 23.2 Å². The van der Waals surface area contributed by atoms with E-state index >= 15 is 0 Å². The fourth-order valence-electron chi connectivity index (χ4n) is 1.81. The highest BCUT2D eigenvalue weighted by molar-refractivity contribution is 7.83. The third kappa shape index (κ3) is 3.16. The molecule has 0 amide bonds. The monoisotopic (exact) mass is 331 g/mol. The second kappa shape index (κ2) is 5.75. The van der Waals surface area contributed by atoms with Crippen LogP contribution in [0.2, 0.25) is 10.0 Å². The molecule has 9 heteroatoms. The first-order chi connectivity index (χ1) is 9.63. The molecular weight excluding hydrogens is 321 g/mol. The molecule has 2 aromatic rings. The van der Waals surface area contributed by atoms with E-state index in [9.17, 15) is 4.21 Å². The fourth-order valence-corrected chi connectivity index (χ4v) is 3.45. The Morgan fingerprint density at radius 1 is 1.35 bits per heavy atom. The quantitative estimate of drug-likeness (QED) is 0.839. The number of tetrazole rings is 1. The predicted octanol–water partition coefficient (Wildman–Crippen LogP) is 2.16.